The summed E-state index contributed by atoms with van der Waals surface area (Å²) in [5.41, 5.74) is 1.47. The zero-order chi connectivity index (χ0) is 17.4. The van der Waals surface area contributed by atoms with E-state index in [2.05, 4.69) is 9.97 Å². The average molecular weight is 349 g/mol. The van der Waals surface area contributed by atoms with E-state index in [1.54, 1.807) is 50.6 Å². The van der Waals surface area contributed by atoms with Crippen molar-refractivity contribution in [3.63, 3.8) is 0 Å². The Morgan fingerprint density at radius 2 is 1.79 bits per heavy atom. The molecule has 2 amide bonds. The highest BCUT2D eigenvalue weighted by Gasteiger charge is 2.36. The van der Waals surface area contributed by atoms with Gasteiger partial charge in [0.25, 0.3) is 0 Å². The van der Waals surface area contributed by atoms with Crippen LogP contribution < -0.4 is 19.3 Å². The lowest BCUT2D eigenvalue weighted by Gasteiger charge is -2.38. The zero-order valence-electron chi connectivity index (χ0n) is 13.8. The van der Waals surface area contributed by atoms with Crippen molar-refractivity contribution in [1.82, 2.24) is 9.97 Å². The molecule has 126 valence electrons. The monoisotopic (exact) mass is 348 g/mol. The predicted molar refractivity (Wildman–Crippen MR) is 91.3 cm³/mol. The summed E-state index contributed by atoms with van der Waals surface area (Å²) in [5, 5.41) is 0.108. The lowest BCUT2D eigenvalue weighted by Crippen LogP contribution is -2.47. The Kier molecular flexibility index (Phi) is 4.19. The van der Waals surface area contributed by atoms with Gasteiger partial charge in [-0.15, -0.1) is 0 Å². The molecule has 1 atom stereocenters. The molecule has 2 aromatic rings. The summed E-state index contributed by atoms with van der Waals surface area (Å²) >= 11 is 5.86. The number of ether oxygens (including phenoxy) is 2. The molecule has 1 unspecified atom stereocenters. The van der Waals surface area contributed by atoms with Crippen molar-refractivity contribution < 1.29 is 14.3 Å². The van der Waals surface area contributed by atoms with E-state index in [9.17, 15) is 4.79 Å². The minimum Gasteiger partial charge on any atom is -0.497 e. The van der Waals surface area contributed by atoms with Gasteiger partial charge in [-0.25, -0.2) is 9.78 Å². The minimum atomic E-state index is -0.266. The van der Waals surface area contributed by atoms with E-state index in [4.69, 9.17) is 21.1 Å². The highest BCUT2D eigenvalue weighted by atomic mass is 35.5. The molecular formula is C16H17ClN4O3. The van der Waals surface area contributed by atoms with Crippen LogP contribution in [0.2, 0.25) is 5.28 Å². The summed E-state index contributed by atoms with van der Waals surface area (Å²) in [6.07, 6.45) is 1.64. The van der Waals surface area contributed by atoms with Gasteiger partial charge in [-0.3, -0.25) is 9.80 Å². The number of hydrogen-bond acceptors (Lipinski definition) is 5. The Labute approximate surface area is 144 Å². The van der Waals surface area contributed by atoms with Crippen molar-refractivity contribution in [3.8, 4) is 11.5 Å². The smallest absolute Gasteiger partial charge is 0.330 e. The fraction of sp³-hybridized carbons (Fsp3) is 0.312. The minimum absolute atomic E-state index is 0.108. The summed E-state index contributed by atoms with van der Waals surface area (Å²) in [6, 6.07) is 4.83. The van der Waals surface area contributed by atoms with Gasteiger partial charge in [0, 0.05) is 37.0 Å². The van der Waals surface area contributed by atoms with Gasteiger partial charge < -0.3 is 9.47 Å². The second kappa shape index (κ2) is 6.16. The van der Waals surface area contributed by atoms with E-state index in [0.29, 0.717) is 23.0 Å². The Bertz CT molecular complexity index is 777. The van der Waals surface area contributed by atoms with Gasteiger partial charge >= 0.3 is 6.03 Å². The Balaban J connectivity index is 2.12. The standard InChI is InChI=1S/C16H17ClN4O3/c1-9-13-8-18-15(17)19-14(13)20(2)16(22)21(9)10-5-11(23-3)7-12(6-10)24-4/h5-9H,1-4H3. The van der Waals surface area contributed by atoms with Gasteiger partial charge in [-0.1, -0.05) is 0 Å². The third kappa shape index (κ3) is 2.60. The van der Waals surface area contributed by atoms with E-state index in [-0.39, 0.29) is 17.4 Å². The molecule has 1 aromatic carbocycles. The van der Waals surface area contributed by atoms with Crippen molar-refractivity contribution in [2.75, 3.05) is 31.1 Å². The molecule has 1 aliphatic rings. The van der Waals surface area contributed by atoms with E-state index >= 15 is 0 Å². The number of hydrogen-bond donors (Lipinski definition) is 0. The van der Waals surface area contributed by atoms with Crippen LogP contribution in [0.5, 0.6) is 11.5 Å². The molecule has 2 heterocycles. The number of methoxy groups -OCH3 is 2. The van der Waals surface area contributed by atoms with Crippen LogP contribution in [0.25, 0.3) is 0 Å². The van der Waals surface area contributed by atoms with Gasteiger partial charge in [0.15, 0.2) is 0 Å². The Hall–Kier alpha value is -2.54. The quantitative estimate of drug-likeness (QED) is 0.796. The molecule has 3 rings (SSSR count). The number of amides is 2. The number of rotatable bonds is 3. The lowest BCUT2D eigenvalue weighted by molar-refractivity contribution is 0.249. The molecule has 0 saturated carbocycles. The molecule has 0 N–H and O–H groups in total. The molecule has 24 heavy (non-hydrogen) atoms. The number of nitrogens with zero attached hydrogens (tertiary/aromatic N) is 4. The van der Waals surface area contributed by atoms with Crippen molar-refractivity contribution in [2.45, 2.75) is 13.0 Å². The van der Waals surface area contributed by atoms with Crippen LogP contribution in [0.4, 0.5) is 16.3 Å². The molecule has 7 nitrogen and oxygen atoms in total. The average Bonchev–Trinajstić information content (AvgIpc) is 2.59. The summed E-state index contributed by atoms with van der Waals surface area (Å²) < 4.78 is 10.6. The van der Waals surface area contributed by atoms with Crippen LogP contribution >= 0.6 is 11.6 Å². The zero-order valence-corrected chi connectivity index (χ0v) is 14.5. The SMILES string of the molecule is COc1cc(OC)cc(N2C(=O)N(C)c3nc(Cl)ncc3C2C)c1. The van der Waals surface area contributed by atoms with Gasteiger partial charge in [0.05, 0.1) is 25.9 Å². The van der Waals surface area contributed by atoms with Crippen LogP contribution in [0, 0.1) is 0 Å². The predicted octanol–water partition coefficient (Wildman–Crippen LogP) is 3.28. The van der Waals surface area contributed by atoms with E-state index < -0.39 is 0 Å². The molecule has 0 saturated heterocycles. The number of fused-ring (bicyclic) bond motifs is 1. The van der Waals surface area contributed by atoms with Crippen molar-refractivity contribution in [3.05, 3.63) is 35.2 Å². The van der Waals surface area contributed by atoms with E-state index in [1.807, 2.05) is 6.92 Å². The maximum Gasteiger partial charge on any atom is 0.330 e. The highest BCUT2D eigenvalue weighted by molar-refractivity contribution is 6.28. The van der Waals surface area contributed by atoms with Crippen molar-refractivity contribution in [2.24, 2.45) is 0 Å². The summed E-state index contributed by atoms with van der Waals surface area (Å²) in [7, 11) is 4.79. The Morgan fingerprint density at radius 3 is 2.38 bits per heavy atom. The summed E-state index contributed by atoms with van der Waals surface area (Å²) in [4.78, 5) is 24.2. The second-order valence-corrected chi connectivity index (χ2v) is 5.71. The number of anilines is 2. The number of urea groups is 1. The molecule has 0 aliphatic carbocycles. The third-order valence-electron chi connectivity index (χ3n) is 4.03. The lowest BCUT2D eigenvalue weighted by atomic mass is 10.1. The second-order valence-electron chi connectivity index (χ2n) is 5.38. The van der Waals surface area contributed by atoms with Crippen molar-refractivity contribution >= 4 is 29.1 Å². The molecule has 1 aromatic heterocycles. The first kappa shape index (κ1) is 16.3. The molecule has 8 heteroatoms. The summed E-state index contributed by atoms with van der Waals surface area (Å²) in [6.45, 7) is 1.91. The molecule has 1 aliphatic heterocycles. The first-order chi connectivity index (χ1) is 11.5. The van der Waals surface area contributed by atoms with Gasteiger partial charge in [0.1, 0.15) is 17.3 Å². The molecule has 0 bridgehead atoms. The number of carbonyl (C=O) groups is 1. The number of halogens is 1. The van der Waals surface area contributed by atoms with Crippen LogP contribution in [-0.4, -0.2) is 37.3 Å². The largest absolute Gasteiger partial charge is 0.497 e. The first-order valence-corrected chi connectivity index (χ1v) is 7.66. The molecule has 0 fully saturated rings. The highest BCUT2D eigenvalue weighted by Crippen LogP contribution is 2.39. The Morgan fingerprint density at radius 1 is 1.17 bits per heavy atom. The maximum atomic E-state index is 12.9. The van der Waals surface area contributed by atoms with Crippen LogP contribution in [0.1, 0.15) is 18.5 Å². The molecular weight excluding hydrogens is 332 g/mol. The topological polar surface area (TPSA) is 67.8 Å². The van der Waals surface area contributed by atoms with E-state index in [0.717, 1.165) is 5.56 Å². The van der Waals surface area contributed by atoms with Crippen LogP contribution in [0.15, 0.2) is 24.4 Å². The maximum absolute atomic E-state index is 12.9. The van der Waals surface area contributed by atoms with E-state index in [1.165, 1.54) is 4.90 Å². The number of carbonyl (C=O) groups excluding carboxylic acids is 1. The first-order valence-electron chi connectivity index (χ1n) is 7.28. The summed E-state index contributed by atoms with van der Waals surface area (Å²) in [5.74, 6) is 1.72. The van der Waals surface area contributed by atoms with Crippen molar-refractivity contribution in [1.29, 1.82) is 0 Å². The molecule has 0 radical (unpaired) electrons. The van der Waals surface area contributed by atoms with Gasteiger partial charge in [-0.2, -0.15) is 4.98 Å². The van der Waals surface area contributed by atoms with Gasteiger partial charge in [-0.05, 0) is 18.5 Å². The van der Waals surface area contributed by atoms with Gasteiger partial charge in [0.2, 0.25) is 5.28 Å². The molecule has 0 spiro atoms. The fourth-order valence-electron chi connectivity index (χ4n) is 2.75. The fourth-order valence-corrected chi connectivity index (χ4v) is 2.88. The number of benzene rings is 1. The third-order valence-corrected chi connectivity index (χ3v) is 4.21. The number of aromatic nitrogens is 2. The van der Waals surface area contributed by atoms with Crippen LogP contribution in [-0.2, 0) is 0 Å². The van der Waals surface area contributed by atoms with Crippen LogP contribution in [0.3, 0.4) is 0 Å². The normalized spacial score (nSPS) is 16.9.